The molecule has 0 bridgehead atoms. The summed E-state index contributed by atoms with van der Waals surface area (Å²) in [6, 6.07) is 3.65. The molecule has 1 N–H and O–H groups in total. The molecule has 0 saturated carbocycles. The fraction of sp³-hybridized carbons (Fsp3) is 0.462. The second kappa shape index (κ2) is 5.67. The van der Waals surface area contributed by atoms with Crippen molar-refractivity contribution in [2.24, 2.45) is 0 Å². The van der Waals surface area contributed by atoms with E-state index in [1.807, 2.05) is 12.4 Å². The molecular weight excluding hydrogens is 253 g/mol. The summed E-state index contributed by atoms with van der Waals surface area (Å²) in [4.78, 5) is 4.35. The molecule has 1 atom stereocenters. The number of aromatic nitrogens is 2. The normalized spacial score (nSPS) is 19.7. The highest BCUT2D eigenvalue weighted by Gasteiger charge is 2.15. The Hall–Kier alpha value is -1.13. The Balaban J connectivity index is 0.00000120. The van der Waals surface area contributed by atoms with Crippen molar-refractivity contribution in [2.75, 3.05) is 6.54 Å². The first kappa shape index (κ1) is 13.3. The summed E-state index contributed by atoms with van der Waals surface area (Å²) < 4.78 is 15.2. The molecule has 0 radical (unpaired) electrons. The average Bonchev–Trinajstić information content (AvgIpc) is 2.74. The maximum Gasteiger partial charge on any atom is 0.173 e. The van der Waals surface area contributed by atoms with E-state index in [-0.39, 0.29) is 18.2 Å². The maximum atomic E-state index is 13.5. The van der Waals surface area contributed by atoms with E-state index in [4.69, 9.17) is 0 Å². The highest BCUT2D eigenvalue weighted by Crippen LogP contribution is 2.14. The Morgan fingerprint density at radius 1 is 1.44 bits per heavy atom. The molecular formula is C13H17ClFN3. The van der Waals surface area contributed by atoms with Gasteiger partial charge in [-0.25, -0.2) is 9.37 Å². The second-order valence-corrected chi connectivity index (χ2v) is 4.67. The summed E-state index contributed by atoms with van der Waals surface area (Å²) in [5.74, 6) is -0.254. The summed E-state index contributed by atoms with van der Waals surface area (Å²) in [7, 11) is 0. The van der Waals surface area contributed by atoms with E-state index in [0.29, 0.717) is 11.7 Å². The first-order chi connectivity index (χ1) is 8.33. The van der Waals surface area contributed by atoms with Crippen molar-refractivity contribution >= 4 is 18.1 Å². The lowest BCUT2D eigenvalue weighted by Crippen LogP contribution is -2.35. The van der Waals surface area contributed by atoms with Crippen molar-refractivity contribution < 1.29 is 4.39 Å². The third kappa shape index (κ3) is 2.65. The fourth-order valence-electron chi connectivity index (χ4n) is 2.48. The molecule has 0 amide bonds. The van der Waals surface area contributed by atoms with E-state index in [9.17, 15) is 4.39 Å². The summed E-state index contributed by atoms with van der Waals surface area (Å²) in [5, 5.41) is 3.48. The third-order valence-corrected chi connectivity index (χ3v) is 3.35. The van der Waals surface area contributed by atoms with Crippen LogP contribution in [0.1, 0.15) is 25.0 Å². The largest absolute Gasteiger partial charge is 0.314 e. The Morgan fingerprint density at radius 2 is 2.33 bits per heavy atom. The van der Waals surface area contributed by atoms with Gasteiger partial charge in [0.15, 0.2) is 11.5 Å². The van der Waals surface area contributed by atoms with Crippen LogP contribution in [0.25, 0.3) is 5.65 Å². The summed E-state index contributed by atoms with van der Waals surface area (Å²) in [6.07, 6.45) is 8.38. The van der Waals surface area contributed by atoms with Crippen LogP contribution in [0.3, 0.4) is 0 Å². The highest BCUT2D eigenvalue weighted by atomic mass is 35.5. The summed E-state index contributed by atoms with van der Waals surface area (Å²) in [6.45, 7) is 1.09. The molecule has 2 aromatic rings. The molecule has 2 aromatic heterocycles. The smallest absolute Gasteiger partial charge is 0.173 e. The van der Waals surface area contributed by atoms with Crippen LogP contribution in [0, 0.1) is 5.82 Å². The fourth-order valence-corrected chi connectivity index (χ4v) is 2.48. The Kier molecular flexibility index (Phi) is 4.19. The zero-order chi connectivity index (χ0) is 11.7. The van der Waals surface area contributed by atoms with Gasteiger partial charge in [-0.1, -0.05) is 6.42 Å². The topological polar surface area (TPSA) is 29.3 Å². The number of fused-ring (bicyclic) bond motifs is 1. The minimum absolute atomic E-state index is 0. The minimum atomic E-state index is -0.254. The molecule has 1 aliphatic heterocycles. The van der Waals surface area contributed by atoms with Crippen LogP contribution in [0.5, 0.6) is 0 Å². The van der Waals surface area contributed by atoms with Gasteiger partial charge < -0.3 is 9.72 Å². The first-order valence-corrected chi connectivity index (χ1v) is 6.18. The van der Waals surface area contributed by atoms with Gasteiger partial charge in [-0.2, -0.15) is 0 Å². The molecule has 1 aliphatic rings. The Labute approximate surface area is 112 Å². The minimum Gasteiger partial charge on any atom is -0.314 e. The van der Waals surface area contributed by atoms with Crippen molar-refractivity contribution in [1.29, 1.82) is 0 Å². The van der Waals surface area contributed by atoms with Crippen LogP contribution < -0.4 is 5.32 Å². The number of rotatable bonds is 2. The molecule has 0 unspecified atom stereocenters. The van der Waals surface area contributed by atoms with Gasteiger partial charge in [0.25, 0.3) is 0 Å². The zero-order valence-corrected chi connectivity index (χ0v) is 10.9. The van der Waals surface area contributed by atoms with Gasteiger partial charge in [0.2, 0.25) is 0 Å². The molecule has 1 fully saturated rings. The van der Waals surface area contributed by atoms with Gasteiger partial charge in [-0.05, 0) is 31.5 Å². The molecule has 98 valence electrons. The van der Waals surface area contributed by atoms with E-state index < -0.39 is 0 Å². The van der Waals surface area contributed by atoms with Crippen LogP contribution in [-0.2, 0) is 6.42 Å². The van der Waals surface area contributed by atoms with Gasteiger partial charge >= 0.3 is 0 Å². The van der Waals surface area contributed by atoms with E-state index in [0.717, 1.165) is 18.7 Å². The monoisotopic (exact) mass is 269 g/mol. The molecule has 0 aliphatic carbocycles. The number of nitrogens with one attached hydrogen (secondary N) is 1. The Morgan fingerprint density at radius 3 is 3.06 bits per heavy atom. The van der Waals surface area contributed by atoms with Gasteiger partial charge in [-0.15, -0.1) is 12.4 Å². The van der Waals surface area contributed by atoms with Crippen LogP contribution in [-0.4, -0.2) is 22.0 Å². The number of imidazole rings is 1. The van der Waals surface area contributed by atoms with E-state index in [1.165, 1.54) is 25.3 Å². The molecule has 0 aromatic carbocycles. The molecule has 3 nitrogen and oxygen atoms in total. The quantitative estimate of drug-likeness (QED) is 0.908. The molecule has 3 heterocycles. The highest BCUT2D eigenvalue weighted by molar-refractivity contribution is 5.85. The lowest BCUT2D eigenvalue weighted by Gasteiger charge is -2.22. The zero-order valence-electron chi connectivity index (χ0n) is 10.1. The number of halogens is 2. The van der Waals surface area contributed by atoms with Crippen LogP contribution >= 0.6 is 12.4 Å². The van der Waals surface area contributed by atoms with Crippen molar-refractivity contribution in [2.45, 2.75) is 31.7 Å². The number of hydrogen-bond donors (Lipinski definition) is 1. The SMILES string of the molecule is Cl.Fc1cccn2cc(C[C@@H]3CCCCN3)nc12. The van der Waals surface area contributed by atoms with Gasteiger partial charge in [0.1, 0.15) is 0 Å². The number of piperidine rings is 1. The average molecular weight is 270 g/mol. The third-order valence-electron chi connectivity index (χ3n) is 3.35. The first-order valence-electron chi connectivity index (χ1n) is 6.18. The summed E-state index contributed by atoms with van der Waals surface area (Å²) >= 11 is 0. The molecule has 0 spiro atoms. The van der Waals surface area contributed by atoms with Crippen molar-refractivity contribution in [1.82, 2.24) is 14.7 Å². The Bertz CT molecular complexity index is 520. The predicted molar refractivity (Wildman–Crippen MR) is 71.7 cm³/mol. The maximum absolute atomic E-state index is 13.5. The molecule has 5 heteroatoms. The lowest BCUT2D eigenvalue weighted by atomic mass is 10.0. The van der Waals surface area contributed by atoms with Crippen LogP contribution in [0.2, 0.25) is 0 Å². The standard InChI is InChI=1S/C13H16FN3.ClH/c14-12-5-3-7-17-9-11(16-13(12)17)8-10-4-1-2-6-15-10;/h3,5,7,9-10,15H,1-2,4,6,8H2;1H/t10-;/m0./s1. The molecule has 3 rings (SSSR count). The molecule has 1 saturated heterocycles. The van der Waals surface area contributed by atoms with Crippen molar-refractivity contribution in [3.05, 3.63) is 36.0 Å². The molecule has 18 heavy (non-hydrogen) atoms. The number of pyridine rings is 1. The lowest BCUT2D eigenvalue weighted by molar-refractivity contribution is 0.397. The number of nitrogens with zero attached hydrogens (tertiary/aromatic N) is 2. The van der Waals surface area contributed by atoms with E-state index in [2.05, 4.69) is 10.3 Å². The number of hydrogen-bond acceptors (Lipinski definition) is 2. The van der Waals surface area contributed by atoms with Crippen molar-refractivity contribution in [3.63, 3.8) is 0 Å². The van der Waals surface area contributed by atoms with Gasteiger partial charge in [0.05, 0.1) is 5.69 Å². The van der Waals surface area contributed by atoms with E-state index >= 15 is 0 Å². The summed E-state index contributed by atoms with van der Waals surface area (Å²) in [5.41, 5.74) is 1.40. The van der Waals surface area contributed by atoms with E-state index in [1.54, 1.807) is 10.5 Å². The van der Waals surface area contributed by atoms with Crippen molar-refractivity contribution in [3.8, 4) is 0 Å². The van der Waals surface area contributed by atoms with Gasteiger partial charge in [-0.3, -0.25) is 0 Å². The van der Waals surface area contributed by atoms with Gasteiger partial charge in [0, 0.05) is 24.9 Å². The van der Waals surface area contributed by atoms with Crippen LogP contribution in [0.15, 0.2) is 24.5 Å². The second-order valence-electron chi connectivity index (χ2n) is 4.67. The predicted octanol–water partition coefficient (Wildman–Crippen LogP) is 2.58. The van der Waals surface area contributed by atoms with Crippen LogP contribution in [0.4, 0.5) is 4.39 Å².